The standard InChI is InChI=1S/C15H12BrClFNO/c16-12-5-8(17)1-3-10(12)15-7-13(19)11-4-2-9(18)6-14(11)20-15/h1-6,13,15H,7,19H2. The van der Waals surface area contributed by atoms with E-state index >= 15 is 0 Å². The number of halogens is 3. The Kier molecular flexibility index (Phi) is 3.71. The molecular weight excluding hydrogens is 345 g/mol. The van der Waals surface area contributed by atoms with Crippen LogP contribution in [-0.4, -0.2) is 0 Å². The van der Waals surface area contributed by atoms with Crippen molar-refractivity contribution in [2.75, 3.05) is 0 Å². The van der Waals surface area contributed by atoms with Crippen molar-refractivity contribution in [3.8, 4) is 5.75 Å². The zero-order chi connectivity index (χ0) is 14.3. The van der Waals surface area contributed by atoms with Gasteiger partial charge in [0.25, 0.3) is 0 Å². The van der Waals surface area contributed by atoms with Gasteiger partial charge >= 0.3 is 0 Å². The van der Waals surface area contributed by atoms with Gasteiger partial charge in [0.2, 0.25) is 0 Å². The largest absolute Gasteiger partial charge is 0.485 e. The molecule has 0 saturated carbocycles. The lowest BCUT2D eigenvalue weighted by atomic mass is 9.93. The predicted molar refractivity (Wildman–Crippen MR) is 80.5 cm³/mol. The third kappa shape index (κ3) is 2.55. The van der Waals surface area contributed by atoms with Crippen LogP contribution in [0, 0.1) is 5.82 Å². The first-order valence-corrected chi connectivity index (χ1v) is 7.38. The minimum atomic E-state index is -0.327. The van der Waals surface area contributed by atoms with E-state index in [0.717, 1.165) is 15.6 Å². The number of rotatable bonds is 1. The van der Waals surface area contributed by atoms with Gasteiger partial charge in [0, 0.05) is 39.2 Å². The normalized spacial score (nSPS) is 21.2. The van der Waals surface area contributed by atoms with E-state index in [2.05, 4.69) is 15.9 Å². The molecule has 20 heavy (non-hydrogen) atoms. The zero-order valence-corrected chi connectivity index (χ0v) is 12.8. The molecule has 0 spiro atoms. The molecule has 0 saturated heterocycles. The molecule has 2 unspecified atom stereocenters. The Morgan fingerprint density at radius 1 is 1.20 bits per heavy atom. The van der Waals surface area contributed by atoms with E-state index < -0.39 is 0 Å². The molecule has 0 bridgehead atoms. The van der Waals surface area contributed by atoms with Gasteiger partial charge in [0.05, 0.1) is 0 Å². The molecule has 1 aliphatic rings. The van der Waals surface area contributed by atoms with Gasteiger partial charge in [-0.1, -0.05) is 39.7 Å². The van der Waals surface area contributed by atoms with Gasteiger partial charge in [-0.2, -0.15) is 0 Å². The third-order valence-corrected chi connectivity index (χ3v) is 4.34. The molecule has 0 radical (unpaired) electrons. The second kappa shape index (κ2) is 5.35. The molecule has 2 atom stereocenters. The van der Waals surface area contributed by atoms with E-state index in [-0.39, 0.29) is 18.0 Å². The van der Waals surface area contributed by atoms with E-state index in [4.69, 9.17) is 22.1 Å². The van der Waals surface area contributed by atoms with Crippen molar-refractivity contribution in [2.45, 2.75) is 18.6 Å². The minimum Gasteiger partial charge on any atom is -0.485 e. The average molecular weight is 357 g/mol. The summed E-state index contributed by atoms with van der Waals surface area (Å²) in [4.78, 5) is 0. The summed E-state index contributed by atoms with van der Waals surface area (Å²) in [5.74, 6) is 0.183. The highest BCUT2D eigenvalue weighted by Crippen LogP contribution is 2.42. The SMILES string of the molecule is NC1CC(c2ccc(Cl)cc2Br)Oc2cc(F)ccc21. The van der Waals surface area contributed by atoms with Gasteiger partial charge in [-0.3, -0.25) is 0 Å². The quantitative estimate of drug-likeness (QED) is 0.799. The molecule has 3 rings (SSSR count). The highest BCUT2D eigenvalue weighted by Gasteiger charge is 2.28. The van der Waals surface area contributed by atoms with E-state index in [1.165, 1.54) is 12.1 Å². The fourth-order valence-electron chi connectivity index (χ4n) is 2.43. The van der Waals surface area contributed by atoms with Crippen LogP contribution in [-0.2, 0) is 0 Å². The molecule has 0 amide bonds. The summed E-state index contributed by atoms with van der Waals surface area (Å²) in [7, 11) is 0. The summed E-state index contributed by atoms with van der Waals surface area (Å²) in [6, 6.07) is 9.80. The second-order valence-electron chi connectivity index (χ2n) is 4.80. The second-order valence-corrected chi connectivity index (χ2v) is 6.09. The lowest BCUT2D eigenvalue weighted by molar-refractivity contribution is 0.160. The van der Waals surface area contributed by atoms with Crippen molar-refractivity contribution < 1.29 is 9.13 Å². The monoisotopic (exact) mass is 355 g/mol. The van der Waals surface area contributed by atoms with Crippen LogP contribution in [0.2, 0.25) is 5.02 Å². The first kappa shape index (κ1) is 13.9. The van der Waals surface area contributed by atoms with Crippen LogP contribution < -0.4 is 10.5 Å². The van der Waals surface area contributed by atoms with E-state index in [1.807, 2.05) is 12.1 Å². The summed E-state index contributed by atoms with van der Waals surface area (Å²) in [6.45, 7) is 0. The number of hydrogen-bond acceptors (Lipinski definition) is 2. The topological polar surface area (TPSA) is 35.2 Å². The van der Waals surface area contributed by atoms with Gasteiger partial charge in [0.1, 0.15) is 17.7 Å². The van der Waals surface area contributed by atoms with Crippen molar-refractivity contribution in [3.05, 3.63) is 62.8 Å². The van der Waals surface area contributed by atoms with Crippen molar-refractivity contribution in [1.82, 2.24) is 0 Å². The Morgan fingerprint density at radius 2 is 1.95 bits per heavy atom. The maximum Gasteiger partial charge on any atom is 0.127 e. The fourth-order valence-corrected chi connectivity index (χ4v) is 3.37. The van der Waals surface area contributed by atoms with Crippen molar-refractivity contribution >= 4 is 27.5 Å². The van der Waals surface area contributed by atoms with Crippen LogP contribution in [0.3, 0.4) is 0 Å². The molecule has 5 heteroatoms. The van der Waals surface area contributed by atoms with Crippen LogP contribution >= 0.6 is 27.5 Å². The predicted octanol–water partition coefficient (Wildman–Crippen LogP) is 4.77. The summed E-state index contributed by atoms with van der Waals surface area (Å²) in [6.07, 6.45) is 0.421. The number of ether oxygens (including phenoxy) is 1. The highest BCUT2D eigenvalue weighted by atomic mass is 79.9. The number of fused-ring (bicyclic) bond motifs is 1. The van der Waals surface area contributed by atoms with E-state index in [0.29, 0.717) is 17.2 Å². The lowest BCUT2D eigenvalue weighted by Crippen LogP contribution is -2.24. The molecule has 104 valence electrons. The Labute approximate surface area is 129 Å². The molecule has 2 N–H and O–H groups in total. The van der Waals surface area contributed by atoms with Crippen LogP contribution in [0.5, 0.6) is 5.75 Å². The lowest BCUT2D eigenvalue weighted by Gasteiger charge is -2.31. The van der Waals surface area contributed by atoms with Crippen molar-refractivity contribution in [1.29, 1.82) is 0 Å². The summed E-state index contributed by atoms with van der Waals surface area (Å²) < 4.78 is 20.1. The Bertz CT molecular complexity index is 664. The van der Waals surface area contributed by atoms with Crippen LogP contribution in [0.1, 0.15) is 29.7 Å². The molecule has 2 aromatic rings. The molecule has 0 aromatic heterocycles. The van der Waals surface area contributed by atoms with Gasteiger partial charge in [0.15, 0.2) is 0 Å². The first-order valence-electron chi connectivity index (χ1n) is 6.21. The van der Waals surface area contributed by atoms with E-state index in [1.54, 1.807) is 12.1 Å². The third-order valence-electron chi connectivity index (χ3n) is 3.42. The molecule has 1 aliphatic heterocycles. The first-order chi connectivity index (χ1) is 9.54. The number of benzene rings is 2. The Hall–Kier alpha value is -1.10. The number of nitrogens with two attached hydrogens (primary N) is 1. The van der Waals surface area contributed by atoms with Crippen LogP contribution in [0.4, 0.5) is 4.39 Å². The minimum absolute atomic E-state index is 0.174. The van der Waals surface area contributed by atoms with E-state index in [9.17, 15) is 4.39 Å². The van der Waals surface area contributed by atoms with Gasteiger partial charge in [-0.15, -0.1) is 0 Å². The summed E-state index contributed by atoms with van der Waals surface area (Å²) >= 11 is 9.42. The molecule has 2 nitrogen and oxygen atoms in total. The Morgan fingerprint density at radius 3 is 2.70 bits per heavy atom. The maximum absolute atomic E-state index is 13.3. The summed E-state index contributed by atoms with van der Waals surface area (Å²) in [5.41, 5.74) is 7.96. The zero-order valence-electron chi connectivity index (χ0n) is 10.4. The van der Waals surface area contributed by atoms with Crippen LogP contribution in [0.25, 0.3) is 0 Å². The molecule has 0 aliphatic carbocycles. The molecular formula is C15H12BrClFNO. The van der Waals surface area contributed by atoms with Crippen molar-refractivity contribution in [3.63, 3.8) is 0 Å². The smallest absolute Gasteiger partial charge is 0.127 e. The average Bonchev–Trinajstić information content (AvgIpc) is 2.37. The molecule has 1 heterocycles. The molecule has 0 fully saturated rings. The maximum atomic E-state index is 13.3. The van der Waals surface area contributed by atoms with Gasteiger partial charge in [-0.05, 0) is 18.2 Å². The fraction of sp³-hybridized carbons (Fsp3) is 0.200. The highest BCUT2D eigenvalue weighted by molar-refractivity contribution is 9.10. The summed E-state index contributed by atoms with van der Waals surface area (Å²) in [5, 5.41) is 0.646. The van der Waals surface area contributed by atoms with Gasteiger partial charge in [-0.25, -0.2) is 4.39 Å². The van der Waals surface area contributed by atoms with Crippen LogP contribution in [0.15, 0.2) is 40.9 Å². The van der Waals surface area contributed by atoms with Crippen molar-refractivity contribution in [2.24, 2.45) is 5.73 Å². The Balaban J connectivity index is 1.98. The van der Waals surface area contributed by atoms with Gasteiger partial charge < -0.3 is 10.5 Å². The number of hydrogen-bond donors (Lipinski definition) is 1. The molecule has 2 aromatic carbocycles.